The summed E-state index contributed by atoms with van der Waals surface area (Å²) in [6.45, 7) is 6.35. The molecule has 80 valence electrons. The first-order valence-corrected chi connectivity index (χ1v) is 6.65. The second kappa shape index (κ2) is 7.40. The molecule has 2 N–H and O–H groups in total. The fourth-order valence-corrected chi connectivity index (χ4v) is 2.59. The van der Waals surface area contributed by atoms with E-state index in [1.165, 1.54) is 15.8 Å². The monoisotopic (exact) mass is 276 g/mol. The van der Waals surface area contributed by atoms with Crippen LogP contribution in [0.4, 0.5) is 0 Å². The van der Waals surface area contributed by atoms with Crippen molar-refractivity contribution in [3.8, 4) is 0 Å². The molecule has 1 aromatic heterocycles. The molecule has 0 unspecified atom stereocenters. The van der Waals surface area contributed by atoms with Crippen molar-refractivity contribution in [2.75, 3.05) is 19.6 Å². The molecule has 0 radical (unpaired) electrons. The van der Waals surface area contributed by atoms with Gasteiger partial charge in [0.15, 0.2) is 0 Å². The molecular formula is C10H17BrN2S. The van der Waals surface area contributed by atoms with E-state index in [0.717, 1.165) is 26.2 Å². The highest BCUT2D eigenvalue weighted by atomic mass is 79.9. The molecule has 0 atom stereocenters. The number of hydrogen-bond acceptors (Lipinski definition) is 3. The van der Waals surface area contributed by atoms with E-state index < -0.39 is 0 Å². The van der Waals surface area contributed by atoms with E-state index in [4.69, 9.17) is 0 Å². The van der Waals surface area contributed by atoms with E-state index in [9.17, 15) is 0 Å². The van der Waals surface area contributed by atoms with Gasteiger partial charge in [-0.25, -0.2) is 0 Å². The first-order chi connectivity index (χ1) is 6.84. The minimum absolute atomic E-state index is 0.964. The molecule has 2 nitrogen and oxygen atoms in total. The fraction of sp³-hybridized carbons (Fsp3) is 0.600. The van der Waals surface area contributed by atoms with Gasteiger partial charge in [-0.15, -0.1) is 11.3 Å². The number of hydrogen-bond donors (Lipinski definition) is 2. The van der Waals surface area contributed by atoms with Gasteiger partial charge in [0.2, 0.25) is 0 Å². The maximum atomic E-state index is 3.52. The Morgan fingerprint density at radius 2 is 2.07 bits per heavy atom. The van der Waals surface area contributed by atoms with Crippen LogP contribution in [0.25, 0.3) is 0 Å². The summed E-state index contributed by atoms with van der Waals surface area (Å²) in [7, 11) is 0. The number of nitrogens with one attached hydrogen (secondary N) is 2. The van der Waals surface area contributed by atoms with E-state index in [0.29, 0.717) is 0 Å². The molecule has 0 saturated carbocycles. The van der Waals surface area contributed by atoms with Crippen molar-refractivity contribution in [1.82, 2.24) is 10.6 Å². The molecule has 0 saturated heterocycles. The second-order valence-corrected chi connectivity index (χ2v) is 4.97. The summed E-state index contributed by atoms with van der Waals surface area (Å²) >= 11 is 5.30. The van der Waals surface area contributed by atoms with Crippen molar-refractivity contribution in [1.29, 1.82) is 0 Å². The highest BCUT2D eigenvalue weighted by Crippen LogP contribution is 2.21. The van der Waals surface area contributed by atoms with Gasteiger partial charge in [-0.2, -0.15) is 0 Å². The Hall–Kier alpha value is 0.100. The zero-order valence-electron chi connectivity index (χ0n) is 8.48. The maximum Gasteiger partial charge on any atom is 0.0327 e. The predicted octanol–water partition coefficient (Wildman–Crippen LogP) is 2.60. The SMILES string of the molecule is CCCNCCNCc1sccc1Br. The molecule has 0 aliphatic heterocycles. The van der Waals surface area contributed by atoms with Crippen LogP contribution in [0, 0.1) is 0 Å². The van der Waals surface area contributed by atoms with Gasteiger partial charge in [-0.1, -0.05) is 6.92 Å². The molecule has 0 bridgehead atoms. The van der Waals surface area contributed by atoms with E-state index in [1.807, 2.05) is 0 Å². The smallest absolute Gasteiger partial charge is 0.0327 e. The first kappa shape index (κ1) is 12.2. The molecule has 0 aromatic carbocycles. The van der Waals surface area contributed by atoms with Gasteiger partial charge in [0.05, 0.1) is 0 Å². The molecule has 1 aromatic rings. The van der Waals surface area contributed by atoms with Crippen LogP contribution < -0.4 is 10.6 Å². The molecule has 14 heavy (non-hydrogen) atoms. The zero-order valence-corrected chi connectivity index (χ0v) is 10.9. The lowest BCUT2D eigenvalue weighted by Gasteiger charge is -2.04. The minimum atomic E-state index is 0.964. The Morgan fingerprint density at radius 3 is 2.71 bits per heavy atom. The summed E-state index contributed by atoms with van der Waals surface area (Å²) in [5.74, 6) is 0. The Morgan fingerprint density at radius 1 is 1.29 bits per heavy atom. The second-order valence-electron chi connectivity index (χ2n) is 3.12. The average Bonchev–Trinajstić information content (AvgIpc) is 2.58. The van der Waals surface area contributed by atoms with Crippen LogP contribution in [0.5, 0.6) is 0 Å². The highest BCUT2D eigenvalue weighted by Gasteiger charge is 1.99. The summed E-state index contributed by atoms with van der Waals surface area (Å²) in [6, 6.07) is 2.09. The van der Waals surface area contributed by atoms with Gasteiger partial charge < -0.3 is 10.6 Å². The van der Waals surface area contributed by atoms with Gasteiger partial charge in [0.1, 0.15) is 0 Å². The van der Waals surface area contributed by atoms with Crippen molar-refractivity contribution >= 4 is 27.3 Å². The Kier molecular flexibility index (Phi) is 6.43. The first-order valence-electron chi connectivity index (χ1n) is 4.98. The largest absolute Gasteiger partial charge is 0.315 e. The predicted molar refractivity (Wildman–Crippen MR) is 66.9 cm³/mol. The number of halogens is 1. The van der Waals surface area contributed by atoms with E-state index in [1.54, 1.807) is 11.3 Å². The third-order valence-corrected chi connectivity index (χ3v) is 3.81. The van der Waals surface area contributed by atoms with Crippen LogP contribution in [0.2, 0.25) is 0 Å². The molecule has 0 amide bonds. The quantitative estimate of drug-likeness (QED) is 0.749. The topological polar surface area (TPSA) is 24.1 Å². The molecule has 1 rings (SSSR count). The Balaban J connectivity index is 2.02. The zero-order chi connectivity index (χ0) is 10.2. The summed E-state index contributed by atoms with van der Waals surface area (Å²) in [5, 5.41) is 8.87. The van der Waals surface area contributed by atoms with Crippen LogP contribution in [-0.4, -0.2) is 19.6 Å². The lowest BCUT2D eigenvalue weighted by molar-refractivity contribution is 0.609. The van der Waals surface area contributed by atoms with Gasteiger partial charge >= 0.3 is 0 Å². The van der Waals surface area contributed by atoms with Crippen molar-refractivity contribution in [3.63, 3.8) is 0 Å². The van der Waals surface area contributed by atoms with Crippen LogP contribution in [0.15, 0.2) is 15.9 Å². The lowest BCUT2D eigenvalue weighted by atomic mass is 10.4. The van der Waals surface area contributed by atoms with E-state index in [-0.39, 0.29) is 0 Å². The summed E-state index contributed by atoms with van der Waals surface area (Å²) < 4.78 is 1.22. The van der Waals surface area contributed by atoms with Crippen molar-refractivity contribution in [3.05, 3.63) is 20.8 Å². The van der Waals surface area contributed by atoms with Crippen LogP contribution in [0.3, 0.4) is 0 Å². The molecule has 0 aliphatic rings. The normalized spacial score (nSPS) is 10.7. The van der Waals surface area contributed by atoms with Crippen LogP contribution in [-0.2, 0) is 6.54 Å². The van der Waals surface area contributed by atoms with Crippen molar-refractivity contribution in [2.24, 2.45) is 0 Å². The third-order valence-electron chi connectivity index (χ3n) is 1.88. The van der Waals surface area contributed by atoms with E-state index >= 15 is 0 Å². The average molecular weight is 277 g/mol. The fourth-order valence-electron chi connectivity index (χ4n) is 1.13. The molecule has 1 heterocycles. The Labute approximate surface area is 98.2 Å². The van der Waals surface area contributed by atoms with Crippen molar-refractivity contribution < 1.29 is 0 Å². The summed E-state index contributed by atoms with van der Waals surface area (Å²) in [6.07, 6.45) is 1.20. The molecule has 0 spiro atoms. The highest BCUT2D eigenvalue weighted by molar-refractivity contribution is 9.10. The Bertz CT molecular complexity index is 250. The minimum Gasteiger partial charge on any atom is -0.315 e. The van der Waals surface area contributed by atoms with Gasteiger partial charge in [-0.3, -0.25) is 0 Å². The van der Waals surface area contributed by atoms with Crippen LogP contribution >= 0.6 is 27.3 Å². The molecule has 4 heteroatoms. The number of rotatable bonds is 7. The molecular weight excluding hydrogens is 260 g/mol. The van der Waals surface area contributed by atoms with Crippen LogP contribution in [0.1, 0.15) is 18.2 Å². The lowest BCUT2D eigenvalue weighted by Crippen LogP contribution is -2.27. The van der Waals surface area contributed by atoms with Gasteiger partial charge in [0.25, 0.3) is 0 Å². The van der Waals surface area contributed by atoms with Crippen molar-refractivity contribution in [2.45, 2.75) is 19.9 Å². The summed E-state index contributed by atoms with van der Waals surface area (Å²) in [5.41, 5.74) is 0. The maximum absolute atomic E-state index is 3.52. The third kappa shape index (κ3) is 4.55. The molecule has 0 fully saturated rings. The summed E-state index contributed by atoms with van der Waals surface area (Å²) in [4.78, 5) is 1.38. The standard InChI is InChI=1S/C10H17BrN2S/c1-2-4-12-5-6-13-8-10-9(11)3-7-14-10/h3,7,12-13H,2,4-6,8H2,1H3. The molecule has 0 aliphatic carbocycles. The van der Waals surface area contributed by atoms with Gasteiger partial charge in [0, 0.05) is 29.0 Å². The van der Waals surface area contributed by atoms with Gasteiger partial charge in [-0.05, 0) is 40.3 Å². The number of thiophene rings is 1. The van der Waals surface area contributed by atoms with E-state index in [2.05, 4.69) is 44.9 Å².